The standard InChI is InChI=1S/C18H15BrClN3O3/c1-23-9-13(19)8-15(23)18(25)22-21-17(24)5-2-11-6-12-7-14(20)3-4-16(12)26-10-11/h2-9H,10H2,1H3,(H,21,24)(H,22,25)/b5-2+. The van der Waals surface area contributed by atoms with E-state index in [9.17, 15) is 9.59 Å². The Morgan fingerprint density at radius 2 is 2.12 bits per heavy atom. The average Bonchev–Trinajstić information content (AvgIpc) is 2.95. The zero-order valence-corrected chi connectivity index (χ0v) is 16.1. The average molecular weight is 437 g/mol. The van der Waals surface area contributed by atoms with E-state index in [0.29, 0.717) is 17.3 Å². The molecule has 2 N–H and O–H groups in total. The van der Waals surface area contributed by atoms with Crippen LogP contribution in [0.15, 0.2) is 52.7 Å². The fourth-order valence-electron chi connectivity index (χ4n) is 2.42. The summed E-state index contributed by atoms with van der Waals surface area (Å²) in [6, 6.07) is 7.02. The molecule has 0 unspecified atom stereocenters. The molecule has 0 saturated carbocycles. The number of nitrogens with one attached hydrogen (secondary N) is 2. The Morgan fingerprint density at radius 3 is 2.85 bits per heavy atom. The molecule has 26 heavy (non-hydrogen) atoms. The minimum absolute atomic E-state index is 0.349. The Bertz CT molecular complexity index is 934. The van der Waals surface area contributed by atoms with Crippen molar-refractivity contribution in [2.24, 2.45) is 7.05 Å². The second-order valence-electron chi connectivity index (χ2n) is 5.62. The zero-order chi connectivity index (χ0) is 18.7. The molecule has 0 spiro atoms. The molecular formula is C18H15BrClN3O3. The van der Waals surface area contributed by atoms with Crippen molar-refractivity contribution in [2.45, 2.75) is 0 Å². The molecule has 2 aromatic rings. The molecule has 0 saturated heterocycles. The number of rotatable bonds is 3. The molecule has 6 nitrogen and oxygen atoms in total. The van der Waals surface area contributed by atoms with Crippen LogP contribution in [0.2, 0.25) is 5.02 Å². The van der Waals surface area contributed by atoms with Crippen LogP contribution < -0.4 is 15.6 Å². The largest absolute Gasteiger partial charge is 0.488 e. The molecule has 8 heteroatoms. The first-order valence-corrected chi connectivity index (χ1v) is 8.82. The number of hydrogen-bond donors (Lipinski definition) is 2. The Kier molecular flexibility index (Phi) is 5.49. The van der Waals surface area contributed by atoms with E-state index in [0.717, 1.165) is 21.4 Å². The van der Waals surface area contributed by atoms with Gasteiger partial charge in [-0.15, -0.1) is 0 Å². The lowest BCUT2D eigenvalue weighted by Crippen LogP contribution is -2.41. The van der Waals surface area contributed by atoms with Crippen LogP contribution in [0, 0.1) is 0 Å². The van der Waals surface area contributed by atoms with Gasteiger partial charge in [0.2, 0.25) is 0 Å². The van der Waals surface area contributed by atoms with E-state index in [1.54, 1.807) is 48.2 Å². The van der Waals surface area contributed by atoms with E-state index in [1.807, 2.05) is 6.08 Å². The summed E-state index contributed by atoms with van der Waals surface area (Å²) in [7, 11) is 1.74. The Hall–Kier alpha value is -2.51. The van der Waals surface area contributed by atoms with Gasteiger partial charge in [0.25, 0.3) is 11.8 Å². The van der Waals surface area contributed by atoms with Crippen molar-refractivity contribution in [3.8, 4) is 5.75 Å². The molecule has 0 bridgehead atoms. The van der Waals surface area contributed by atoms with Gasteiger partial charge in [-0.1, -0.05) is 17.7 Å². The highest BCUT2D eigenvalue weighted by atomic mass is 79.9. The van der Waals surface area contributed by atoms with Crippen LogP contribution in [-0.2, 0) is 11.8 Å². The van der Waals surface area contributed by atoms with E-state index in [1.165, 1.54) is 6.08 Å². The van der Waals surface area contributed by atoms with Gasteiger partial charge in [0, 0.05) is 34.4 Å². The van der Waals surface area contributed by atoms with Crippen LogP contribution in [-0.4, -0.2) is 23.0 Å². The summed E-state index contributed by atoms with van der Waals surface area (Å²) in [6.07, 6.45) is 6.60. The van der Waals surface area contributed by atoms with E-state index in [2.05, 4.69) is 26.8 Å². The number of halogens is 2. The molecular weight excluding hydrogens is 422 g/mol. The van der Waals surface area contributed by atoms with Crippen molar-refractivity contribution in [1.82, 2.24) is 15.4 Å². The third-order valence-corrected chi connectivity index (χ3v) is 4.33. The Balaban J connectivity index is 1.58. The second-order valence-corrected chi connectivity index (χ2v) is 6.97. The molecule has 0 radical (unpaired) electrons. The fraction of sp³-hybridized carbons (Fsp3) is 0.111. The van der Waals surface area contributed by atoms with Gasteiger partial charge in [0.05, 0.1) is 0 Å². The number of fused-ring (bicyclic) bond motifs is 1. The first-order valence-electron chi connectivity index (χ1n) is 7.65. The van der Waals surface area contributed by atoms with Gasteiger partial charge in [-0.3, -0.25) is 20.4 Å². The minimum atomic E-state index is -0.454. The van der Waals surface area contributed by atoms with Crippen LogP contribution in [0.25, 0.3) is 6.08 Å². The highest BCUT2D eigenvalue weighted by Gasteiger charge is 2.12. The summed E-state index contributed by atoms with van der Waals surface area (Å²) >= 11 is 9.26. The normalized spacial score (nSPS) is 13.0. The summed E-state index contributed by atoms with van der Waals surface area (Å²) in [5, 5.41) is 0.613. The number of carbonyl (C=O) groups excluding carboxylic acids is 2. The lowest BCUT2D eigenvalue weighted by molar-refractivity contribution is -0.117. The first-order chi connectivity index (χ1) is 12.4. The Labute approximate surface area is 163 Å². The van der Waals surface area contributed by atoms with Gasteiger partial charge in [-0.2, -0.15) is 0 Å². The third-order valence-electron chi connectivity index (χ3n) is 3.66. The molecule has 0 fully saturated rings. The maximum atomic E-state index is 12.0. The number of benzene rings is 1. The van der Waals surface area contributed by atoms with Gasteiger partial charge in [0.1, 0.15) is 18.1 Å². The summed E-state index contributed by atoms with van der Waals surface area (Å²) in [5.41, 5.74) is 6.79. The van der Waals surface area contributed by atoms with Crippen LogP contribution in [0.1, 0.15) is 16.1 Å². The number of ether oxygens (including phenoxy) is 1. The first kappa shape index (κ1) is 18.3. The minimum Gasteiger partial charge on any atom is -0.488 e. The van der Waals surface area contributed by atoms with Crippen molar-refractivity contribution < 1.29 is 14.3 Å². The van der Waals surface area contributed by atoms with Crippen molar-refractivity contribution in [1.29, 1.82) is 0 Å². The number of hydrogen-bond acceptors (Lipinski definition) is 3. The number of aromatic nitrogens is 1. The van der Waals surface area contributed by atoms with Crippen LogP contribution in [0.4, 0.5) is 0 Å². The van der Waals surface area contributed by atoms with Crippen LogP contribution in [0.3, 0.4) is 0 Å². The topological polar surface area (TPSA) is 72.4 Å². The summed E-state index contributed by atoms with van der Waals surface area (Å²) < 4.78 is 8.03. The van der Waals surface area contributed by atoms with Crippen molar-refractivity contribution in [3.05, 3.63) is 68.9 Å². The summed E-state index contributed by atoms with van der Waals surface area (Å²) in [4.78, 5) is 23.9. The van der Waals surface area contributed by atoms with E-state index >= 15 is 0 Å². The van der Waals surface area contributed by atoms with Gasteiger partial charge >= 0.3 is 0 Å². The molecule has 2 heterocycles. The number of hydrazine groups is 1. The monoisotopic (exact) mass is 435 g/mol. The van der Waals surface area contributed by atoms with Gasteiger partial charge in [-0.25, -0.2) is 0 Å². The molecule has 134 valence electrons. The van der Waals surface area contributed by atoms with Gasteiger partial charge in [0.15, 0.2) is 0 Å². The van der Waals surface area contributed by atoms with Crippen molar-refractivity contribution in [3.63, 3.8) is 0 Å². The predicted octanol–water partition coefficient (Wildman–Crippen LogP) is 3.23. The predicted molar refractivity (Wildman–Crippen MR) is 103 cm³/mol. The molecule has 1 aromatic carbocycles. The molecule has 1 aliphatic heterocycles. The Morgan fingerprint density at radius 1 is 1.31 bits per heavy atom. The summed E-state index contributed by atoms with van der Waals surface area (Å²) in [6.45, 7) is 0.349. The van der Waals surface area contributed by atoms with Gasteiger partial charge < -0.3 is 9.30 Å². The van der Waals surface area contributed by atoms with Crippen LogP contribution in [0.5, 0.6) is 5.75 Å². The smallest absolute Gasteiger partial charge is 0.286 e. The third kappa shape index (κ3) is 4.36. The highest BCUT2D eigenvalue weighted by Crippen LogP contribution is 2.29. The number of amides is 2. The van der Waals surface area contributed by atoms with Crippen molar-refractivity contribution >= 4 is 45.4 Å². The summed E-state index contributed by atoms with van der Waals surface area (Å²) in [5.74, 6) is -0.120. The SMILES string of the molecule is Cn1cc(Br)cc1C(=O)NNC(=O)/C=C/C1=Cc2cc(Cl)ccc2OC1. The maximum Gasteiger partial charge on any atom is 0.286 e. The number of carbonyl (C=O) groups is 2. The van der Waals surface area contributed by atoms with E-state index in [-0.39, 0.29) is 0 Å². The maximum absolute atomic E-state index is 12.0. The second kappa shape index (κ2) is 7.80. The van der Waals surface area contributed by atoms with E-state index < -0.39 is 11.8 Å². The molecule has 0 atom stereocenters. The molecule has 0 aliphatic carbocycles. The quantitative estimate of drug-likeness (QED) is 0.573. The van der Waals surface area contributed by atoms with Crippen LogP contribution >= 0.6 is 27.5 Å². The molecule has 1 aliphatic rings. The zero-order valence-electron chi connectivity index (χ0n) is 13.8. The number of aryl methyl sites for hydroxylation is 1. The van der Waals surface area contributed by atoms with Gasteiger partial charge in [-0.05, 0) is 51.8 Å². The molecule has 2 amide bonds. The lowest BCUT2D eigenvalue weighted by atomic mass is 10.1. The van der Waals surface area contributed by atoms with E-state index in [4.69, 9.17) is 16.3 Å². The number of nitrogens with zero attached hydrogens (tertiary/aromatic N) is 1. The highest BCUT2D eigenvalue weighted by molar-refractivity contribution is 9.10. The molecule has 3 rings (SSSR count). The molecule has 1 aromatic heterocycles. The fourth-order valence-corrected chi connectivity index (χ4v) is 3.12. The lowest BCUT2D eigenvalue weighted by Gasteiger charge is -2.16. The van der Waals surface area contributed by atoms with Crippen molar-refractivity contribution in [2.75, 3.05) is 6.61 Å².